The highest BCUT2D eigenvalue weighted by Crippen LogP contribution is 2.59. The lowest BCUT2D eigenvalue weighted by atomic mass is 9.84. The van der Waals surface area contributed by atoms with Gasteiger partial charge in [-0.05, 0) is 129 Å². The van der Waals surface area contributed by atoms with Crippen molar-refractivity contribution in [2.45, 2.75) is 157 Å². The van der Waals surface area contributed by atoms with E-state index in [2.05, 4.69) is 18.0 Å². The van der Waals surface area contributed by atoms with Crippen molar-refractivity contribution in [2.75, 3.05) is 19.8 Å². The van der Waals surface area contributed by atoms with Crippen LogP contribution in [0.3, 0.4) is 0 Å². The van der Waals surface area contributed by atoms with E-state index in [-0.39, 0.29) is 62.4 Å². The van der Waals surface area contributed by atoms with Crippen molar-refractivity contribution < 1.29 is 81.0 Å². The SMILES string of the molecule is [C-]#[N+]/C(C(=O)OC(C)C)=C1/Sc2c(OC(=O)OC(=O)C3CCC(OCCCCOC(=O)C=C)CC3)ccc(OC(=O)C3CCC(OC(=O)C(=O)C4CCC(OCCCCC(=O)OC=C)CC4)CC3)c2S1. The predicted molar refractivity (Wildman–Crippen MR) is 252 cm³/mol. The van der Waals surface area contributed by atoms with Crippen LogP contribution in [-0.4, -0.2) is 92.0 Å². The second-order valence-corrected chi connectivity index (χ2v) is 19.7. The number of hydrogen-bond acceptors (Lipinski definition) is 19. The molecule has 0 radical (unpaired) electrons. The van der Waals surface area contributed by atoms with Crippen LogP contribution >= 0.6 is 23.5 Å². The van der Waals surface area contributed by atoms with Crippen LogP contribution in [0.15, 0.2) is 57.4 Å². The quantitative estimate of drug-likeness (QED) is 0.00952. The Bertz CT molecular complexity index is 2160. The first-order valence-corrected chi connectivity index (χ1v) is 25.4. The number of rotatable bonds is 23. The number of unbranched alkanes of at least 4 members (excludes halogenated alkanes) is 2. The van der Waals surface area contributed by atoms with Crippen molar-refractivity contribution >= 4 is 71.3 Å². The molecule has 1 aromatic carbocycles. The van der Waals surface area contributed by atoms with Gasteiger partial charge in [-0.3, -0.25) is 24.0 Å². The molecule has 3 fully saturated rings. The Morgan fingerprint density at radius 3 is 1.77 bits per heavy atom. The first kappa shape index (κ1) is 55.4. The van der Waals surface area contributed by atoms with Crippen molar-refractivity contribution in [3.63, 3.8) is 0 Å². The van der Waals surface area contributed by atoms with Gasteiger partial charge in [0.2, 0.25) is 5.78 Å². The summed E-state index contributed by atoms with van der Waals surface area (Å²) in [6, 6.07) is 2.77. The van der Waals surface area contributed by atoms with Gasteiger partial charge in [0.1, 0.15) is 17.6 Å². The highest BCUT2D eigenvalue weighted by molar-refractivity contribution is 8.24. The molecule has 0 unspecified atom stereocenters. The van der Waals surface area contributed by atoms with Gasteiger partial charge in [-0.25, -0.2) is 19.2 Å². The summed E-state index contributed by atoms with van der Waals surface area (Å²) in [5.41, 5.74) is -0.323. The van der Waals surface area contributed by atoms with E-state index in [0.717, 1.165) is 35.9 Å². The van der Waals surface area contributed by atoms with E-state index in [9.17, 15) is 38.4 Å². The van der Waals surface area contributed by atoms with Gasteiger partial charge in [0.05, 0.1) is 63.6 Å². The minimum Gasteiger partial charge on any atom is -0.468 e. The summed E-state index contributed by atoms with van der Waals surface area (Å²) in [6.07, 6.45) is 8.25. The Balaban J connectivity index is 1.11. The zero-order chi connectivity index (χ0) is 50.6. The molecule has 20 heteroatoms. The van der Waals surface area contributed by atoms with Crippen LogP contribution in [0, 0.1) is 24.3 Å². The highest BCUT2D eigenvalue weighted by atomic mass is 32.2. The van der Waals surface area contributed by atoms with Gasteiger partial charge in [-0.1, -0.05) is 36.7 Å². The monoisotopic (exact) mass is 1010 g/mol. The van der Waals surface area contributed by atoms with Gasteiger partial charge in [0.25, 0.3) is 5.70 Å². The predicted octanol–water partition coefficient (Wildman–Crippen LogP) is 9.06. The average molecular weight is 1010 g/mol. The molecule has 0 aromatic heterocycles. The van der Waals surface area contributed by atoms with E-state index in [0.29, 0.717) is 116 Å². The fourth-order valence-corrected chi connectivity index (χ4v) is 10.9. The molecule has 0 saturated heterocycles. The largest absolute Gasteiger partial charge is 0.521 e. The van der Waals surface area contributed by atoms with Crippen LogP contribution in [0.25, 0.3) is 4.85 Å². The van der Waals surface area contributed by atoms with E-state index in [4.69, 9.17) is 49.2 Å². The lowest BCUT2D eigenvalue weighted by molar-refractivity contribution is -0.162. The topological polar surface area (TPSA) is 224 Å². The van der Waals surface area contributed by atoms with E-state index < -0.39 is 71.7 Å². The number of esters is 6. The summed E-state index contributed by atoms with van der Waals surface area (Å²) in [5, 5.41) is 0. The molecule has 0 N–H and O–H groups in total. The van der Waals surface area contributed by atoms with Gasteiger partial charge >= 0.3 is 42.0 Å². The number of benzene rings is 1. The second-order valence-electron chi connectivity index (χ2n) is 17.4. The van der Waals surface area contributed by atoms with Gasteiger partial charge in [-0.15, -0.1) is 0 Å². The van der Waals surface area contributed by atoms with Crippen LogP contribution in [0.1, 0.15) is 123 Å². The maximum absolute atomic E-state index is 13.6. The van der Waals surface area contributed by atoms with E-state index >= 15 is 0 Å². The van der Waals surface area contributed by atoms with Crippen molar-refractivity contribution in [2.24, 2.45) is 17.8 Å². The molecule has 0 amide bonds. The van der Waals surface area contributed by atoms with Crippen LogP contribution in [0.5, 0.6) is 11.5 Å². The van der Waals surface area contributed by atoms with E-state index in [1.165, 1.54) is 12.1 Å². The smallest absolute Gasteiger partial charge is 0.468 e. The molecular formula is C50H61NO17S2. The van der Waals surface area contributed by atoms with Crippen molar-refractivity contribution in [3.05, 3.63) is 59.0 Å². The summed E-state index contributed by atoms with van der Waals surface area (Å²) in [7, 11) is 0. The molecule has 3 saturated carbocycles. The zero-order valence-corrected chi connectivity index (χ0v) is 41.2. The van der Waals surface area contributed by atoms with Crippen LogP contribution in [0.4, 0.5) is 4.79 Å². The zero-order valence-electron chi connectivity index (χ0n) is 39.6. The molecular weight excluding hydrogens is 951 g/mol. The number of carbonyl (C=O) groups is 8. The maximum Gasteiger partial charge on any atom is 0.521 e. The summed E-state index contributed by atoms with van der Waals surface area (Å²) < 4.78 is 49.1. The second kappa shape index (κ2) is 28.4. The molecule has 4 aliphatic rings. The first-order chi connectivity index (χ1) is 33.7. The molecule has 5 rings (SSSR count). The molecule has 0 spiro atoms. The number of hydrogen-bond donors (Lipinski definition) is 0. The molecule has 380 valence electrons. The lowest BCUT2D eigenvalue weighted by Gasteiger charge is -2.29. The Morgan fingerprint density at radius 2 is 1.21 bits per heavy atom. The Labute approximate surface area is 416 Å². The number of ether oxygens (including phenoxy) is 9. The number of nitrogens with zero attached hydrogens (tertiary/aromatic N) is 1. The molecule has 1 aliphatic heterocycles. The number of carbonyl (C=O) groups excluding carboxylic acids is 8. The average Bonchev–Trinajstić information content (AvgIpc) is 3.79. The molecule has 18 nitrogen and oxygen atoms in total. The number of thioether (sulfide) groups is 2. The minimum absolute atomic E-state index is 0.0279. The first-order valence-electron chi connectivity index (χ1n) is 23.8. The van der Waals surface area contributed by atoms with E-state index in [1.54, 1.807) is 13.8 Å². The molecule has 1 heterocycles. The van der Waals surface area contributed by atoms with Gasteiger partial charge in [-0.2, -0.15) is 0 Å². The number of Topliss-reactive ketones (excluding diaryl/α,β-unsaturated/α-hetero) is 1. The normalized spacial score (nSPS) is 22.5. The summed E-state index contributed by atoms with van der Waals surface area (Å²) in [6.45, 7) is 19.0. The fourth-order valence-electron chi connectivity index (χ4n) is 8.30. The molecule has 70 heavy (non-hydrogen) atoms. The van der Waals surface area contributed by atoms with Gasteiger partial charge in [0, 0.05) is 31.6 Å². The van der Waals surface area contributed by atoms with E-state index in [1.807, 2.05) is 0 Å². The Hall–Kier alpha value is -5.49. The van der Waals surface area contributed by atoms with Crippen LogP contribution in [0.2, 0.25) is 0 Å². The van der Waals surface area contributed by atoms with Crippen molar-refractivity contribution in [3.8, 4) is 11.5 Å². The van der Waals surface area contributed by atoms with Crippen LogP contribution < -0.4 is 9.47 Å². The van der Waals surface area contributed by atoms with Crippen LogP contribution in [-0.2, 0) is 66.7 Å². The molecule has 0 bridgehead atoms. The number of fused-ring (bicyclic) bond motifs is 1. The third-order valence-electron chi connectivity index (χ3n) is 12.0. The lowest BCUT2D eigenvalue weighted by Crippen LogP contribution is -2.35. The minimum atomic E-state index is -1.29. The highest BCUT2D eigenvalue weighted by Gasteiger charge is 2.38. The number of ketones is 1. The third kappa shape index (κ3) is 17.1. The third-order valence-corrected chi connectivity index (χ3v) is 14.6. The van der Waals surface area contributed by atoms with Crippen molar-refractivity contribution in [1.29, 1.82) is 0 Å². The molecule has 1 aromatic rings. The summed E-state index contributed by atoms with van der Waals surface area (Å²) in [4.78, 5) is 105. The summed E-state index contributed by atoms with van der Waals surface area (Å²) in [5.74, 6) is -6.03. The summed E-state index contributed by atoms with van der Waals surface area (Å²) >= 11 is 1.90. The molecule has 3 aliphatic carbocycles. The standard InChI is InChI=1S/C50H61NO17S2/c1-6-39(52)63-29-11-10-28-62-35-21-15-33(16-22-35)46(56)68-50(59)67-38-26-25-37(43-44(38)70-49(69-43)41(51-5)47(57)64-30(3)4)66-45(55)32-17-23-36(24-18-32)65-48(58)42(54)31-13-19-34(20-14-31)61-27-9-8-12-40(53)60-7-2/h6-7,25-26,30-36H,1-2,8-24,27-29H2,3-4H3/b49-41+. The fraction of sp³-hybridized carbons (Fsp3) is 0.580. The van der Waals surface area contributed by atoms with Gasteiger partial charge in [0.15, 0.2) is 0 Å². The Kier molecular flexibility index (Phi) is 22.5. The van der Waals surface area contributed by atoms with Gasteiger partial charge < -0.3 is 42.6 Å². The molecule has 0 atom stereocenters. The Morgan fingerprint density at radius 1 is 0.686 bits per heavy atom. The maximum atomic E-state index is 13.6. The van der Waals surface area contributed by atoms with Crippen molar-refractivity contribution in [1.82, 2.24) is 0 Å².